The van der Waals surface area contributed by atoms with Gasteiger partial charge >= 0.3 is 0 Å². The van der Waals surface area contributed by atoms with Crippen LogP contribution in [0.25, 0.3) is 0 Å². The molecule has 1 aromatic rings. The second-order valence-corrected chi connectivity index (χ2v) is 5.52. The summed E-state index contributed by atoms with van der Waals surface area (Å²) in [5.41, 5.74) is 3.68. The zero-order valence-electron chi connectivity index (χ0n) is 9.29. The molecule has 2 aliphatic heterocycles. The van der Waals surface area contributed by atoms with Crippen LogP contribution in [0.1, 0.15) is 0 Å². The molecule has 0 fully saturated rings. The molecule has 0 radical (unpaired) electrons. The van der Waals surface area contributed by atoms with Crippen LogP contribution in [-0.4, -0.2) is 24.5 Å². The third kappa shape index (κ3) is 1.72. The molecule has 0 saturated carbocycles. The van der Waals surface area contributed by atoms with Crippen molar-refractivity contribution in [2.24, 2.45) is 0 Å². The molecule has 88 valence electrons. The van der Waals surface area contributed by atoms with Crippen molar-refractivity contribution >= 4 is 40.6 Å². The van der Waals surface area contributed by atoms with E-state index in [4.69, 9.17) is 11.6 Å². The molecule has 0 atom stereocenters. The molecule has 2 aliphatic rings. The Hall–Kier alpha value is -1.13. The number of thioether (sulfide) groups is 1. The summed E-state index contributed by atoms with van der Waals surface area (Å²) < 4.78 is 0. The zero-order chi connectivity index (χ0) is 12.0. The largest absolute Gasteiger partial charge is 0.356 e. The van der Waals surface area contributed by atoms with Crippen molar-refractivity contribution < 1.29 is 4.79 Å². The molecular formula is C12H11ClN2OS. The van der Waals surface area contributed by atoms with Crippen molar-refractivity contribution in [2.45, 2.75) is 0 Å². The van der Waals surface area contributed by atoms with Crippen LogP contribution in [-0.2, 0) is 4.79 Å². The predicted molar refractivity (Wildman–Crippen MR) is 72.8 cm³/mol. The van der Waals surface area contributed by atoms with E-state index >= 15 is 0 Å². The molecule has 0 aromatic heterocycles. The molecule has 17 heavy (non-hydrogen) atoms. The van der Waals surface area contributed by atoms with Crippen LogP contribution in [0.5, 0.6) is 0 Å². The summed E-state index contributed by atoms with van der Waals surface area (Å²) in [6.45, 7) is 0. The third-order valence-corrected chi connectivity index (χ3v) is 4.25. The predicted octanol–water partition coefficient (Wildman–Crippen LogP) is 2.73. The van der Waals surface area contributed by atoms with Crippen LogP contribution in [0.15, 0.2) is 29.5 Å². The van der Waals surface area contributed by atoms with Gasteiger partial charge in [-0.15, -0.1) is 0 Å². The van der Waals surface area contributed by atoms with Gasteiger partial charge in [0.25, 0.3) is 5.91 Å². The number of carbonyl (C=O) groups excluding carboxylic acids is 1. The Morgan fingerprint density at radius 3 is 3.06 bits per heavy atom. The molecule has 5 heteroatoms. The SMILES string of the molecule is CN1C(=O)C2=C(CSC2)Nc2cc(Cl)ccc21. The third-order valence-electron chi connectivity index (χ3n) is 3.03. The van der Waals surface area contributed by atoms with Gasteiger partial charge in [0.1, 0.15) is 0 Å². The highest BCUT2D eigenvalue weighted by molar-refractivity contribution is 8.00. The van der Waals surface area contributed by atoms with E-state index in [-0.39, 0.29) is 5.91 Å². The van der Waals surface area contributed by atoms with Crippen LogP contribution >= 0.6 is 23.4 Å². The molecule has 0 saturated heterocycles. The Balaban J connectivity index is 2.15. The highest BCUT2D eigenvalue weighted by atomic mass is 35.5. The van der Waals surface area contributed by atoms with Crippen LogP contribution < -0.4 is 10.2 Å². The molecule has 0 unspecified atom stereocenters. The van der Waals surface area contributed by atoms with Crippen LogP contribution in [0.3, 0.4) is 0 Å². The van der Waals surface area contributed by atoms with Crippen LogP contribution in [0.4, 0.5) is 11.4 Å². The number of benzene rings is 1. The maximum absolute atomic E-state index is 12.3. The Morgan fingerprint density at radius 2 is 2.24 bits per heavy atom. The van der Waals surface area contributed by atoms with E-state index in [1.54, 1.807) is 29.8 Å². The standard InChI is InChI=1S/C12H11ClN2OS/c1-15-11-3-2-7(13)4-9(11)14-10-6-17-5-8(10)12(15)16/h2-4,14H,5-6H2,1H3. The fourth-order valence-corrected chi connectivity index (χ4v) is 3.33. The fourth-order valence-electron chi connectivity index (χ4n) is 2.11. The molecule has 1 amide bonds. The number of carbonyl (C=O) groups is 1. The molecule has 0 bridgehead atoms. The number of amides is 1. The minimum absolute atomic E-state index is 0.0820. The van der Waals surface area contributed by atoms with E-state index in [0.29, 0.717) is 5.02 Å². The summed E-state index contributed by atoms with van der Waals surface area (Å²) in [5.74, 6) is 1.73. The van der Waals surface area contributed by atoms with Gasteiger partial charge in [-0.2, -0.15) is 11.8 Å². The van der Waals surface area contributed by atoms with E-state index < -0.39 is 0 Å². The highest BCUT2D eigenvalue weighted by Gasteiger charge is 2.29. The number of likely N-dealkylation sites (N-methyl/N-ethyl adjacent to an activating group) is 1. The lowest BCUT2D eigenvalue weighted by atomic mass is 10.2. The zero-order valence-corrected chi connectivity index (χ0v) is 10.9. The minimum Gasteiger partial charge on any atom is -0.356 e. The lowest BCUT2D eigenvalue weighted by Crippen LogP contribution is -2.27. The molecule has 3 nitrogen and oxygen atoms in total. The number of hydrogen-bond donors (Lipinski definition) is 1. The average Bonchev–Trinajstić information content (AvgIpc) is 2.72. The van der Waals surface area contributed by atoms with Crippen molar-refractivity contribution in [3.8, 4) is 0 Å². The lowest BCUT2D eigenvalue weighted by molar-refractivity contribution is -0.114. The van der Waals surface area contributed by atoms with E-state index in [1.165, 1.54) is 0 Å². The summed E-state index contributed by atoms with van der Waals surface area (Å²) in [4.78, 5) is 13.9. The van der Waals surface area contributed by atoms with Gasteiger partial charge in [0, 0.05) is 34.8 Å². The van der Waals surface area contributed by atoms with Crippen molar-refractivity contribution in [3.63, 3.8) is 0 Å². The monoisotopic (exact) mass is 266 g/mol. The highest BCUT2D eigenvalue weighted by Crippen LogP contribution is 2.37. The van der Waals surface area contributed by atoms with Gasteiger partial charge in [0.2, 0.25) is 0 Å². The molecular weight excluding hydrogens is 256 g/mol. The minimum atomic E-state index is 0.0820. The summed E-state index contributed by atoms with van der Waals surface area (Å²) >= 11 is 7.75. The number of nitrogens with zero attached hydrogens (tertiary/aromatic N) is 1. The first-order chi connectivity index (χ1) is 8.16. The summed E-state index contributed by atoms with van der Waals surface area (Å²) in [6, 6.07) is 5.54. The molecule has 0 spiro atoms. The van der Waals surface area contributed by atoms with Crippen LogP contribution in [0.2, 0.25) is 5.02 Å². The molecule has 1 aromatic carbocycles. The number of anilines is 2. The molecule has 3 rings (SSSR count). The first-order valence-electron chi connectivity index (χ1n) is 5.31. The smallest absolute Gasteiger partial charge is 0.256 e. The number of hydrogen-bond acceptors (Lipinski definition) is 3. The van der Waals surface area contributed by atoms with Gasteiger partial charge in [-0.3, -0.25) is 4.79 Å². The van der Waals surface area contributed by atoms with Gasteiger partial charge in [0.05, 0.1) is 11.4 Å². The van der Waals surface area contributed by atoms with Gasteiger partial charge < -0.3 is 10.2 Å². The Kier molecular flexibility index (Phi) is 2.56. The van der Waals surface area contributed by atoms with Gasteiger partial charge in [0.15, 0.2) is 0 Å². The molecule has 0 aliphatic carbocycles. The van der Waals surface area contributed by atoms with E-state index in [2.05, 4.69) is 5.32 Å². The van der Waals surface area contributed by atoms with E-state index in [0.717, 1.165) is 34.2 Å². The Bertz CT molecular complexity index is 541. The second kappa shape index (κ2) is 3.96. The number of halogens is 1. The van der Waals surface area contributed by atoms with E-state index in [9.17, 15) is 4.79 Å². The van der Waals surface area contributed by atoms with Crippen molar-refractivity contribution in [2.75, 3.05) is 28.8 Å². The maximum atomic E-state index is 12.3. The Morgan fingerprint density at radius 1 is 1.41 bits per heavy atom. The number of fused-ring (bicyclic) bond motifs is 1. The van der Waals surface area contributed by atoms with Crippen LogP contribution in [0, 0.1) is 0 Å². The van der Waals surface area contributed by atoms with Gasteiger partial charge in [-0.25, -0.2) is 0 Å². The fraction of sp³-hybridized carbons (Fsp3) is 0.250. The second-order valence-electron chi connectivity index (χ2n) is 4.10. The molecule has 1 N–H and O–H groups in total. The first-order valence-corrected chi connectivity index (χ1v) is 6.84. The number of rotatable bonds is 0. The normalized spacial score (nSPS) is 18.7. The average molecular weight is 267 g/mol. The Labute approximate surface area is 109 Å². The van der Waals surface area contributed by atoms with E-state index in [1.807, 2.05) is 12.1 Å². The molecule has 2 heterocycles. The van der Waals surface area contributed by atoms with Crippen molar-refractivity contribution in [1.29, 1.82) is 0 Å². The van der Waals surface area contributed by atoms with Crippen molar-refractivity contribution in [1.82, 2.24) is 0 Å². The summed E-state index contributed by atoms with van der Waals surface area (Å²) in [6.07, 6.45) is 0. The first kappa shape index (κ1) is 11.0. The maximum Gasteiger partial charge on any atom is 0.256 e. The topological polar surface area (TPSA) is 32.3 Å². The number of nitrogens with one attached hydrogen (secondary N) is 1. The summed E-state index contributed by atoms with van der Waals surface area (Å²) in [5, 5.41) is 4.01. The quantitative estimate of drug-likeness (QED) is 0.784. The lowest BCUT2D eigenvalue weighted by Gasteiger charge is -2.18. The van der Waals surface area contributed by atoms with Crippen molar-refractivity contribution in [3.05, 3.63) is 34.5 Å². The van der Waals surface area contributed by atoms with Gasteiger partial charge in [-0.05, 0) is 18.2 Å². The van der Waals surface area contributed by atoms with Gasteiger partial charge in [-0.1, -0.05) is 11.6 Å². The summed E-state index contributed by atoms with van der Waals surface area (Å²) in [7, 11) is 1.80.